The Morgan fingerprint density at radius 1 is 1.27 bits per heavy atom. The third-order valence-corrected chi connectivity index (χ3v) is 2.56. The first kappa shape index (κ1) is 11.6. The second-order valence-electron chi connectivity index (χ2n) is 3.66. The Hall–Kier alpha value is -1.49. The van der Waals surface area contributed by atoms with E-state index in [1.807, 2.05) is 0 Å². The van der Waals surface area contributed by atoms with Crippen molar-refractivity contribution in [2.24, 2.45) is 0 Å². The summed E-state index contributed by atoms with van der Waals surface area (Å²) in [7, 11) is 0. The van der Waals surface area contributed by atoms with Crippen molar-refractivity contribution in [2.45, 2.75) is 39.2 Å². The maximum Gasteiger partial charge on any atom is 0.0643 e. The fraction of sp³-hybridized carbons (Fsp3) is 0.462. The molecule has 0 saturated carbocycles. The van der Waals surface area contributed by atoms with Gasteiger partial charge in [-0.25, -0.2) is 0 Å². The van der Waals surface area contributed by atoms with E-state index in [9.17, 15) is 0 Å². The zero-order valence-corrected chi connectivity index (χ0v) is 9.46. The molecule has 1 N–H and O–H groups in total. The highest BCUT2D eigenvalue weighted by atomic mass is 14.9. The number of nitrogens with zero attached hydrogens (tertiary/aromatic N) is 1. The molecule has 0 aliphatic carbocycles. The van der Waals surface area contributed by atoms with Crippen LogP contribution in [0.2, 0.25) is 0 Å². The normalized spacial score (nSPS) is 11.8. The van der Waals surface area contributed by atoms with Gasteiger partial charge >= 0.3 is 0 Å². The molecule has 2 heteroatoms. The molecule has 0 fully saturated rings. The Bertz CT molecular complexity index is 321. The molecular weight excluding hydrogens is 184 g/mol. The van der Waals surface area contributed by atoms with Gasteiger partial charge in [0, 0.05) is 11.7 Å². The molecule has 0 saturated heterocycles. The highest BCUT2D eigenvalue weighted by Gasteiger charge is 2.04. The number of anilines is 1. The molecule has 0 radical (unpaired) electrons. The highest BCUT2D eigenvalue weighted by molar-refractivity contribution is 5.45. The van der Waals surface area contributed by atoms with Gasteiger partial charge in [-0.2, -0.15) is 5.26 Å². The van der Waals surface area contributed by atoms with Crippen LogP contribution < -0.4 is 5.32 Å². The fourth-order valence-electron chi connectivity index (χ4n) is 1.48. The van der Waals surface area contributed by atoms with Crippen LogP contribution in [0.1, 0.15) is 32.3 Å². The summed E-state index contributed by atoms with van der Waals surface area (Å²) in [6.07, 6.45) is 2.60. The maximum absolute atomic E-state index is 8.64. The summed E-state index contributed by atoms with van der Waals surface area (Å²) in [6, 6.07) is 10.9. The van der Waals surface area contributed by atoms with E-state index in [0.29, 0.717) is 6.42 Å². The van der Waals surface area contributed by atoms with Crippen LogP contribution in [-0.2, 0) is 6.42 Å². The predicted molar refractivity (Wildman–Crippen MR) is 63.8 cm³/mol. The molecule has 15 heavy (non-hydrogen) atoms. The van der Waals surface area contributed by atoms with Crippen LogP contribution in [0, 0.1) is 11.3 Å². The lowest BCUT2D eigenvalue weighted by Gasteiger charge is -2.15. The van der Waals surface area contributed by atoms with E-state index in [-0.39, 0.29) is 6.04 Å². The van der Waals surface area contributed by atoms with Gasteiger partial charge in [-0.15, -0.1) is 0 Å². The summed E-state index contributed by atoms with van der Waals surface area (Å²) in [6.45, 7) is 4.24. The number of hydrogen-bond acceptors (Lipinski definition) is 2. The number of benzene rings is 1. The molecule has 0 amide bonds. The van der Waals surface area contributed by atoms with E-state index < -0.39 is 0 Å². The number of nitriles is 1. The lowest BCUT2D eigenvalue weighted by atomic mass is 10.1. The molecule has 0 heterocycles. The summed E-state index contributed by atoms with van der Waals surface area (Å²) in [4.78, 5) is 0. The minimum absolute atomic E-state index is 0.266. The third kappa shape index (κ3) is 3.63. The Balaban J connectivity index is 2.59. The number of aryl methyl sites for hydroxylation is 1. The van der Waals surface area contributed by atoms with Crippen molar-refractivity contribution in [1.29, 1.82) is 5.26 Å². The van der Waals surface area contributed by atoms with Crippen molar-refractivity contribution in [2.75, 3.05) is 5.32 Å². The van der Waals surface area contributed by atoms with E-state index in [1.165, 1.54) is 5.56 Å². The molecule has 1 unspecified atom stereocenters. The standard InChI is InChI=1S/C13H18N2/c1-3-11-5-7-13(8-6-11)15-12(4-2)9-10-14/h5-8,12,15H,3-4,9H2,1-2H3. The topological polar surface area (TPSA) is 35.8 Å². The molecule has 2 nitrogen and oxygen atoms in total. The Morgan fingerprint density at radius 3 is 2.40 bits per heavy atom. The average molecular weight is 202 g/mol. The van der Waals surface area contributed by atoms with Gasteiger partial charge in [0.25, 0.3) is 0 Å². The van der Waals surface area contributed by atoms with Gasteiger partial charge in [0.05, 0.1) is 12.5 Å². The SMILES string of the molecule is CCc1ccc(NC(CC)CC#N)cc1. The van der Waals surface area contributed by atoms with Gasteiger partial charge < -0.3 is 5.32 Å². The highest BCUT2D eigenvalue weighted by Crippen LogP contribution is 2.13. The second-order valence-corrected chi connectivity index (χ2v) is 3.66. The van der Waals surface area contributed by atoms with Gasteiger partial charge in [-0.05, 0) is 30.5 Å². The molecule has 0 aliphatic rings. The van der Waals surface area contributed by atoms with Gasteiger partial charge in [-0.1, -0.05) is 26.0 Å². The van der Waals surface area contributed by atoms with Crippen LogP contribution in [0.5, 0.6) is 0 Å². The quantitative estimate of drug-likeness (QED) is 0.794. The van der Waals surface area contributed by atoms with Crippen molar-refractivity contribution in [3.63, 3.8) is 0 Å². The first-order valence-corrected chi connectivity index (χ1v) is 5.52. The zero-order chi connectivity index (χ0) is 11.1. The first-order chi connectivity index (χ1) is 7.30. The molecule has 1 aromatic rings. The molecule has 0 bridgehead atoms. The van der Waals surface area contributed by atoms with Crippen LogP contribution in [0.15, 0.2) is 24.3 Å². The third-order valence-electron chi connectivity index (χ3n) is 2.56. The maximum atomic E-state index is 8.64. The average Bonchev–Trinajstić information content (AvgIpc) is 2.29. The largest absolute Gasteiger partial charge is 0.381 e. The van der Waals surface area contributed by atoms with Crippen LogP contribution >= 0.6 is 0 Å². The van der Waals surface area contributed by atoms with E-state index in [2.05, 4.69) is 49.5 Å². The van der Waals surface area contributed by atoms with Crippen LogP contribution in [-0.4, -0.2) is 6.04 Å². The minimum atomic E-state index is 0.266. The molecule has 1 aromatic carbocycles. The van der Waals surface area contributed by atoms with E-state index in [4.69, 9.17) is 5.26 Å². The number of rotatable bonds is 5. The van der Waals surface area contributed by atoms with Crippen molar-refractivity contribution >= 4 is 5.69 Å². The van der Waals surface area contributed by atoms with E-state index >= 15 is 0 Å². The zero-order valence-electron chi connectivity index (χ0n) is 9.46. The minimum Gasteiger partial charge on any atom is -0.381 e. The number of hydrogen-bond donors (Lipinski definition) is 1. The molecule has 0 aromatic heterocycles. The molecule has 1 atom stereocenters. The van der Waals surface area contributed by atoms with Gasteiger partial charge in [0.15, 0.2) is 0 Å². The van der Waals surface area contributed by atoms with Gasteiger partial charge in [0.2, 0.25) is 0 Å². The summed E-state index contributed by atoms with van der Waals surface area (Å²) in [5.41, 5.74) is 2.45. The van der Waals surface area contributed by atoms with Crippen molar-refractivity contribution in [3.8, 4) is 6.07 Å². The predicted octanol–water partition coefficient (Wildman–Crippen LogP) is 3.35. The Labute approximate surface area is 91.9 Å². The van der Waals surface area contributed by atoms with Gasteiger partial charge in [0.1, 0.15) is 0 Å². The Kier molecular flexibility index (Phi) is 4.70. The molecule has 0 aliphatic heterocycles. The van der Waals surface area contributed by atoms with Crippen molar-refractivity contribution < 1.29 is 0 Å². The molecule has 80 valence electrons. The molecule has 1 rings (SSSR count). The smallest absolute Gasteiger partial charge is 0.0643 e. The molecular formula is C13H18N2. The first-order valence-electron chi connectivity index (χ1n) is 5.52. The summed E-state index contributed by atoms with van der Waals surface area (Å²) < 4.78 is 0. The monoisotopic (exact) mass is 202 g/mol. The number of nitrogens with one attached hydrogen (secondary N) is 1. The molecule has 0 spiro atoms. The lowest BCUT2D eigenvalue weighted by Crippen LogP contribution is -2.17. The van der Waals surface area contributed by atoms with E-state index in [1.54, 1.807) is 0 Å². The summed E-state index contributed by atoms with van der Waals surface area (Å²) in [5, 5.41) is 12.0. The second kappa shape index (κ2) is 6.08. The Morgan fingerprint density at radius 2 is 1.93 bits per heavy atom. The van der Waals surface area contributed by atoms with Crippen LogP contribution in [0.25, 0.3) is 0 Å². The fourth-order valence-corrected chi connectivity index (χ4v) is 1.48. The van der Waals surface area contributed by atoms with Crippen LogP contribution in [0.4, 0.5) is 5.69 Å². The van der Waals surface area contributed by atoms with Crippen molar-refractivity contribution in [1.82, 2.24) is 0 Å². The van der Waals surface area contributed by atoms with Crippen LogP contribution in [0.3, 0.4) is 0 Å². The lowest BCUT2D eigenvalue weighted by molar-refractivity contribution is 0.711. The summed E-state index contributed by atoms with van der Waals surface area (Å²) >= 11 is 0. The van der Waals surface area contributed by atoms with Gasteiger partial charge in [-0.3, -0.25) is 0 Å². The van der Waals surface area contributed by atoms with E-state index in [0.717, 1.165) is 18.5 Å². The van der Waals surface area contributed by atoms with Crippen molar-refractivity contribution in [3.05, 3.63) is 29.8 Å². The summed E-state index contributed by atoms with van der Waals surface area (Å²) in [5.74, 6) is 0.